The monoisotopic (exact) mass is 580 g/mol. The average molecular weight is 582 g/mol. The first-order chi connectivity index (χ1) is 17.7. The Morgan fingerprint density at radius 1 is 1.16 bits per heavy atom. The minimum absolute atomic E-state index is 0.0210. The number of ether oxygens (including phenoxy) is 1. The van der Waals surface area contributed by atoms with Crippen molar-refractivity contribution in [2.75, 3.05) is 38.3 Å². The van der Waals surface area contributed by atoms with Crippen molar-refractivity contribution < 1.29 is 22.7 Å². The van der Waals surface area contributed by atoms with Gasteiger partial charge in [0, 0.05) is 56.6 Å². The van der Waals surface area contributed by atoms with Crippen LogP contribution >= 0.6 is 34.5 Å². The molecule has 0 saturated carbocycles. The van der Waals surface area contributed by atoms with E-state index in [0.717, 1.165) is 39.8 Å². The second-order valence-electron chi connectivity index (χ2n) is 9.29. The van der Waals surface area contributed by atoms with Crippen molar-refractivity contribution >= 4 is 72.7 Å². The number of carbonyl (C=O) groups is 2. The van der Waals surface area contributed by atoms with Crippen molar-refractivity contribution in [1.29, 1.82) is 0 Å². The van der Waals surface area contributed by atoms with Crippen LogP contribution in [0.15, 0.2) is 41.3 Å². The van der Waals surface area contributed by atoms with Gasteiger partial charge in [-0.3, -0.25) is 9.59 Å². The highest BCUT2D eigenvalue weighted by Gasteiger charge is 2.35. The quantitative estimate of drug-likeness (QED) is 0.316. The van der Waals surface area contributed by atoms with Crippen molar-refractivity contribution in [3.8, 4) is 0 Å². The van der Waals surface area contributed by atoms with Gasteiger partial charge in [0.05, 0.1) is 10.0 Å². The summed E-state index contributed by atoms with van der Waals surface area (Å²) in [6.45, 7) is 1.64. The lowest BCUT2D eigenvalue weighted by Gasteiger charge is -2.30. The van der Waals surface area contributed by atoms with Gasteiger partial charge >= 0.3 is 0 Å². The number of ketones is 1. The van der Waals surface area contributed by atoms with Crippen LogP contribution in [0.1, 0.15) is 35.2 Å². The highest BCUT2D eigenvalue weighted by Crippen LogP contribution is 2.40. The largest absolute Gasteiger partial charge is 0.385 e. The number of thiophene rings is 1. The highest BCUT2D eigenvalue weighted by atomic mass is 35.5. The molecule has 1 amide bonds. The Hall–Kier alpha value is -2.01. The average Bonchev–Trinajstić information content (AvgIpc) is 3.38. The molecule has 1 aromatic heterocycles. The number of amides is 1. The van der Waals surface area contributed by atoms with E-state index < -0.39 is 10.0 Å². The van der Waals surface area contributed by atoms with E-state index in [0.29, 0.717) is 35.9 Å². The van der Waals surface area contributed by atoms with E-state index in [1.54, 1.807) is 12.0 Å². The van der Waals surface area contributed by atoms with Gasteiger partial charge in [-0.05, 0) is 48.4 Å². The highest BCUT2D eigenvalue weighted by molar-refractivity contribution is 7.89. The first kappa shape index (κ1) is 26.6. The summed E-state index contributed by atoms with van der Waals surface area (Å²) in [6, 6.07) is 10.9. The number of rotatable bonds is 9. The zero-order valence-corrected chi connectivity index (χ0v) is 23.4. The molecule has 196 valence electrons. The van der Waals surface area contributed by atoms with E-state index in [1.165, 1.54) is 10.4 Å². The third-order valence-electron chi connectivity index (χ3n) is 7.12. The molecule has 0 spiro atoms. The lowest BCUT2D eigenvalue weighted by molar-refractivity contribution is -0.123. The van der Waals surface area contributed by atoms with Crippen molar-refractivity contribution in [1.82, 2.24) is 4.31 Å². The Labute approximate surface area is 230 Å². The van der Waals surface area contributed by atoms with Gasteiger partial charge in [-0.25, -0.2) is 8.42 Å². The molecule has 1 fully saturated rings. The number of sulfonamides is 1. The third-order valence-corrected chi connectivity index (χ3v) is 10.8. The van der Waals surface area contributed by atoms with Gasteiger partial charge in [-0.15, -0.1) is 11.3 Å². The van der Waals surface area contributed by atoms with Gasteiger partial charge in [0.2, 0.25) is 10.0 Å². The summed E-state index contributed by atoms with van der Waals surface area (Å²) < 4.78 is 33.0. The molecule has 1 saturated heterocycles. The van der Waals surface area contributed by atoms with E-state index in [4.69, 9.17) is 27.9 Å². The number of hydrogen-bond donors (Lipinski definition) is 0. The molecule has 0 N–H and O–H groups in total. The zero-order chi connectivity index (χ0) is 26.3. The Balaban J connectivity index is 1.30. The molecule has 0 atom stereocenters. The number of methoxy groups -OCH3 is 1. The maximum absolute atomic E-state index is 13.3. The Morgan fingerprint density at radius 3 is 2.59 bits per heavy atom. The van der Waals surface area contributed by atoms with Gasteiger partial charge in [-0.1, -0.05) is 41.4 Å². The Morgan fingerprint density at radius 2 is 1.92 bits per heavy atom. The van der Waals surface area contributed by atoms with E-state index in [9.17, 15) is 18.0 Å². The number of anilines is 1. The van der Waals surface area contributed by atoms with Crippen LogP contribution < -0.4 is 4.90 Å². The van der Waals surface area contributed by atoms with Crippen LogP contribution in [0.2, 0.25) is 8.67 Å². The number of halogens is 2. The minimum atomic E-state index is -3.76. The fourth-order valence-electron chi connectivity index (χ4n) is 5.24. The molecule has 3 heterocycles. The predicted molar refractivity (Wildman–Crippen MR) is 147 cm³/mol. The number of nitrogens with zero attached hydrogens (tertiary/aromatic N) is 2. The van der Waals surface area contributed by atoms with Crippen molar-refractivity contribution in [3.63, 3.8) is 0 Å². The van der Waals surface area contributed by atoms with Gasteiger partial charge in [0.1, 0.15) is 15.0 Å². The molecule has 5 rings (SSSR count). The minimum Gasteiger partial charge on any atom is -0.385 e. The Kier molecular flexibility index (Phi) is 7.64. The summed E-state index contributed by atoms with van der Waals surface area (Å²) in [5.74, 6) is -0.181. The standard InChI is InChI=1S/C26H26Cl2N2O5S2/c1-35-13-3-10-30-20-7-6-17(18-4-2-5-19(24(18)20)26(30)32)14-21(31)16-8-11-29(12-9-16)37(33,34)22-15-23(27)36-25(22)28/h2,4-7,15-16H,3,8-14H2,1H3. The molecule has 3 aromatic rings. The fraction of sp³-hybridized carbons (Fsp3) is 0.385. The van der Waals surface area contributed by atoms with Crippen LogP contribution in [-0.4, -0.2) is 57.8 Å². The number of piperidine rings is 1. The maximum atomic E-state index is 13.3. The van der Waals surface area contributed by atoms with Gasteiger partial charge in [-0.2, -0.15) is 4.31 Å². The molecule has 7 nitrogen and oxygen atoms in total. The maximum Gasteiger partial charge on any atom is 0.258 e. The summed E-state index contributed by atoms with van der Waals surface area (Å²) in [4.78, 5) is 28.1. The molecule has 11 heteroatoms. The van der Waals surface area contributed by atoms with Crippen molar-refractivity contribution in [2.24, 2.45) is 5.92 Å². The van der Waals surface area contributed by atoms with Gasteiger partial charge in [0.25, 0.3) is 5.91 Å². The SMILES string of the molecule is COCCCN1C(=O)c2cccc3c(CC(=O)C4CCN(S(=O)(=O)c5cc(Cl)sc5Cl)CC4)ccc1c23. The predicted octanol–water partition coefficient (Wildman–Crippen LogP) is 5.42. The zero-order valence-electron chi connectivity index (χ0n) is 20.2. The molecular weight excluding hydrogens is 555 g/mol. The topological polar surface area (TPSA) is 84.0 Å². The van der Waals surface area contributed by atoms with E-state index in [1.807, 2.05) is 30.3 Å². The summed E-state index contributed by atoms with van der Waals surface area (Å²) in [6.07, 6.45) is 1.86. The number of hydrogen-bond acceptors (Lipinski definition) is 6. The Bertz CT molecular complexity index is 1480. The van der Waals surface area contributed by atoms with Crippen LogP contribution in [0.3, 0.4) is 0 Å². The lowest BCUT2D eigenvalue weighted by Crippen LogP contribution is -2.40. The van der Waals surface area contributed by atoms with Crippen LogP contribution in [0.4, 0.5) is 5.69 Å². The molecule has 0 aliphatic carbocycles. The van der Waals surface area contributed by atoms with Crippen LogP contribution in [-0.2, 0) is 26.0 Å². The van der Waals surface area contributed by atoms with Crippen molar-refractivity contribution in [2.45, 2.75) is 30.6 Å². The van der Waals surface area contributed by atoms with Crippen molar-refractivity contribution in [3.05, 3.63) is 56.2 Å². The molecular formula is C26H26Cl2N2O5S2. The summed E-state index contributed by atoms with van der Waals surface area (Å²) >= 11 is 13.0. The molecule has 0 bridgehead atoms. The number of Topliss-reactive ketones (excluding diaryl/α,β-unsaturated/α-hetero) is 1. The lowest BCUT2D eigenvalue weighted by atomic mass is 9.88. The summed E-state index contributed by atoms with van der Waals surface area (Å²) in [5.41, 5.74) is 2.41. The van der Waals surface area contributed by atoms with Crippen LogP contribution in [0.25, 0.3) is 10.8 Å². The third kappa shape index (κ3) is 4.93. The molecule has 37 heavy (non-hydrogen) atoms. The molecule has 2 aliphatic rings. The first-order valence-electron chi connectivity index (χ1n) is 12.1. The number of carbonyl (C=O) groups excluding carboxylic acids is 2. The molecule has 2 aromatic carbocycles. The second-order valence-corrected chi connectivity index (χ2v) is 13.5. The molecule has 0 radical (unpaired) electrons. The fourth-order valence-corrected chi connectivity index (χ4v) is 8.82. The molecule has 2 aliphatic heterocycles. The second kappa shape index (κ2) is 10.6. The summed E-state index contributed by atoms with van der Waals surface area (Å²) in [5, 5.41) is 1.80. The van der Waals surface area contributed by atoms with Crippen LogP contribution in [0.5, 0.6) is 0 Å². The van der Waals surface area contributed by atoms with E-state index in [2.05, 4.69) is 0 Å². The van der Waals surface area contributed by atoms with E-state index >= 15 is 0 Å². The van der Waals surface area contributed by atoms with Gasteiger partial charge < -0.3 is 9.64 Å². The van der Waals surface area contributed by atoms with Crippen LogP contribution in [0, 0.1) is 5.92 Å². The smallest absolute Gasteiger partial charge is 0.258 e. The molecule has 0 unspecified atom stereocenters. The van der Waals surface area contributed by atoms with E-state index in [-0.39, 0.29) is 46.4 Å². The first-order valence-corrected chi connectivity index (χ1v) is 15.1. The number of benzene rings is 2. The normalized spacial score (nSPS) is 16.7. The summed E-state index contributed by atoms with van der Waals surface area (Å²) in [7, 11) is -2.12. The van der Waals surface area contributed by atoms with Gasteiger partial charge in [0.15, 0.2) is 0 Å².